The first-order chi connectivity index (χ1) is 12.5. The Labute approximate surface area is 153 Å². The molecular weight excluding hydrogens is 330 g/mol. The summed E-state index contributed by atoms with van der Waals surface area (Å²) in [4.78, 5) is 25.5. The van der Waals surface area contributed by atoms with Crippen LogP contribution in [0.4, 0.5) is 5.69 Å². The fourth-order valence-corrected chi connectivity index (χ4v) is 2.62. The Bertz CT molecular complexity index is 717. The number of nitrogens with one attached hydrogen (secondary N) is 1. The summed E-state index contributed by atoms with van der Waals surface area (Å²) in [6.07, 6.45) is 0.174. The van der Waals surface area contributed by atoms with Crippen molar-refractivity contribution in [3.8, 4) is 5.75 Å². The van der Waals surface area contributed by atoms with E-state index in [0.717, 1.165) is 17.0 Å². The minimum atomic E-state index is -0.401. The maximum Gasteiger partial charge on any atom is 0.239 e. The Morgan fingerprint density at radius 2 is 1.77 bits per heavy atom. The van der Waals surface area contributed by atoms with Crippen LogP contribution in [0.3, 0.4) is 0 Å². The van der Waals surface area contributed by atoms with Crippen LogP contribution in [0.2, 0.25) is 0 Å². The fourth-order valence-electron chi connectivity index (χ4n) is 2.62. The molecule has 6 heteroatoms. The molecule has 0 saturated carbocycles. The lowest BCUT2D eigenvalue weighted by molar-refractivity contribution is -0.121. The number of carbonyl (C=O) groups is 2. The summed E-state index contributed by atoms with van der Waals surface area (Å²) in [6.45, 7) is 2.44. The van der Waals surface area contributed by atoms with Crippen LogP contribution in [0, 0.1) is 0 Å². The Balaban J connectivity index is 2.04. The van der Waals surface area contributed by atoms with E-state index in [0.29, 0.717) is 6.54 Å². The SMILES string of the molecule is COc1ccc(N(CCC(N)=O)CC(=O)NC(C)c2ccccc2)cc1. The quantitative estimate of drug-likeness (QED) is 0.722. The predicted octanol–water partition coefficient (Wildman–Crippen LogP) is 2.25. The van der Waals surface area contributed by atoms with Gasteiger partial charge in [-0.25, -0.2) is 0 Å². The third-order valence-electron chi connectivity index (χ3n) is 4.08. The molecule has 138 valence electrons. The van der Waals surface area contributed by atoms with Crippen LogP contribution in [-0.2, 0) is 9.59 Å². The Morgan fingerprint density at radius 1 is 1.12 bits per heavy atom. The molecule has 1 unspecified atom stereocenters. The molecule has 0 aliphatic rings. The van der Waals surface area contributed by atoms with Gasteiger partial charge in [-0.3, -0.25) is 9.59 Å². The van der Waals surface area contributed by atoms with Crippen molar-refractivity contribution in [2.24, 2.45) is 5.73 Å². The van der Waals surface area contributed by atoms with Crippen LogP contribution >= 0.6 is 0 Å². The van der Waals surface area contributed by atoms with Crippen LogP contribution in [-0.4, -0.2) is 32.0 Å². The summed E-state index contributed by atoms with van der Waals surface area (Å²) in [5.41, 5.74) is 7.13. The Hall–Kier alpha value is -3.02. The molecule has 26 heavy (non-hydrogen) atoms. The molecule has 0 aliphatic carbocycles. The molecule has 2 aromatic carbocycles. The zero-order chi connectivity index (χ0) is 18.9. The minimum absolute atomic E-state index is 0.0995. The first-order valence-electron chi connectivity index (χ1n) is 8.51. The number of amides is 2. The summed E-state index contributed by atoms with van der Waals surface area (Å²) < 4.78 is 5.16. The maximum atomic E-state index is 12.5. The van der Waals surface area contributed by atoms with Crippen LogP contribution in [0.1, 0.15) is 24.9 Å². The van der Waals surface area contributed by atoms with E-state index in [-0.39, 0.29) is 24.9 Å². The number of benzene rings is 2. The minimum Gasteiger partial charge on any atom is -0.497 e. The van der Waals surface area contributed by atoms with Gasteiger partial charge in [0.2, 0.25) is 11.8 Å². The van der Waals surface area contributed by atoms with Crippen molar-refractivity contribution in [1.29, 1.82) is 0 Å². The number of primary amides is 1. The number of nitrogens with two attached hydrogens (primary N) is 1. The van der Waals surface area contributed by atoms with Crippen LogP contribution in [0.25, 0.3) is 0 Å². The molecule has 0 saturated heterocycles. The van der Waals surface area contributed by atoms with Gasteiger partial charge in [0.1, 0.15) is 5.75 Å². The summed E-state index contributed by atoms with van der Waals surface area (Å²) in [5.74, 6) is 0.203. The third kappa shape index (κ3) is 5.81. The first kappa shape index (κ1) is 19.3. The van der Waals surface area contributed by atoms with Gasteiger partial charge < -0.3 is 20.7 Å². The van der Waals surface area contributed by atoms with E-state index in [1.54, 1.807) is 7.11 Å². The lowest BCUT2D eigenvalue weighted by Gasteiger charge is -2.25. The molecule has 0 radical (unpaired) electrons. The molecule has 1 atom stereocenters. The largest absolute Gasteiger partial charge is 0.497 e. The normalized spacial score (nSPS) is 11.5. The highest BCUT2D eigenvalue weighted by Crippen LogP contribution is 2.19. The highest BCUT2D eigenvalue weighted by atomic mass is 16.5. The van der Waals surface area contributed by atoms with Crippen molar-refractivity contribution in [3.05, 3.63) is 60.2 Å². The monoisotopic (exact) mass is 355 g/mol. The third-order valence-corrected chi connectivity index (χ3v) is 4.08. The van der Waals surface area contributed by atoms with Crippen molar-refractivity contribution in [1.82, 2.24) is 5.32 Å². The average Bonchev–Trinajstić information content (AvgIpc) is 2.65. The number of hydrogen-bond acceptors (Lipinski definition) is 4. The second-order valence-electron chi connectivity index (χ2n) is 6.04. The molecule has 2 aromatic rings. The van der Waals surface area contributed by atoms with E-state index in [9.17, 15) is 9.59 Å². The number of nitrogens with zero attached hydrogens (tertiary/aromatic N) is 1. The average molecular weight is 355 g/mol. The van der Waals surface area contributed by atoms with E-state index in [4.69, 9.17) is 10.5 Å². The molecule has 6 nitrogen and oxygen atoms in total. The summed E-state index contributed by atoms with van der Waals surface area (Å²) >= 11 is 0. The molecule has 3 N–H and O–H groups in total. The molecule has 0 bridgehead atoms. The predicted molar refractivity (Wildman–Crippen MR) is 102 cm³/mol. The summed E-state index contributed by atoms with van der Waals surface area (Å²) in [7, 11) is 1.60. The first-order valence-corrected chi connectivity index (χ1v) is 8.51. The van der Waals surface area contributed by atoms with E-state index in [2.05, 4.69) is 5.32 Å². The number of carbonyl (C=O) groups excluding carboxylic acids is 2. The highest BCUT2D eigenvalue weighted by Gasteiger charge is 2.15. The van der Waals surface area contributed by atoms with Gasteiger partial charge in [-0.2, -0.15) is 0 Å². The summed E-state index contributed by atoms with van der Waals surface area (Å²) in [6, 6.07) is 17.0. The van der Waals surface area contributed by atoms with Crippen molar-refractivity contribution >= 4 is 17.5 Å². The lowest BCUT2D eigenvalue weighted by Crippen LogP contribution is -2.39. The van der Waals surface area contributed by atoms with Crippen molar-refractivity contribution in [3.63, 3.8) is 0 Å². The topological polar surface area (TPSA) is 84.7 Å². The molecule has 2 rings (SSSR count). The fraction of sp³-hybridized carbons (Fsp3) is 0.300. The molecule has 0 heterocycles. The van der Waals surface area contributed by atoms with E-state index < -0.39 is 5.91 Å². The van der Waals surface area contributed by atoms with E-state index in [1.807, 2.05) is 66.4 Å². The molecule has 0 aromatic heterocycles. The summed E-state index contributed by atoms with van der Waals surface area (Å²) in [5, 5.41) is 2.99. The standard InChI is InChI=1S/C20H25N3O3/c1-15(16-6-4-3-5-7-16)22-20(25)14-23(13-12-19(21)24)17-8-10-18(26-2)11-9-17/h3-11,15H,12-14H2,1-2H3,(H2,21,24)(H,22,25). The van der Waals surface area contributed by atoms with Gasteiger partial charge in [-0.05, 0) is 36.8 Å². The zero-order valence-electron chi connectivity index (χ0n) is 15.1. The van der Waals surface area contributed by atoms with Crippen molar-refractivity contribution < 1.29 is 14.3 Å². The number of ether oxygens (including phenoxy) is 1. The number of methoxy groups -OCH3 is 1. The van der Waals surface area contributed by atoms with Crippen LogP contribution < -0.4 is 20.7 Å². The van der Waals surface area contributed by atoms with Gasteiger partial charge in [-0.15, -0.1) is 0 Å². The van der Waals surface area contributed by atoms with E-state index in [1.165, 1.54) is 0 Å². The number of hydrogen-bond donors (Lipinski definition) is 2. The zero-order valence-corrected chi connectivity index (χ0v) is 15.1. The Kier molecular flexibility index (Phi) is 7.02. The smallest absolute Gasteiger partial charge is 0.239 e. The number of anilines is 1. The molecule has 0 aliphatic heterocycles. The number of rotatable bonds is 9. The molecular formula is C20H25N3O3. The van der Waals surface area contributed by atoms with Gasteiger partial charge in [-0.1, -0.05) is 30.3 Å². The Morgan fingerprint density at radius 3 is 2.35 bits per heavy atom. The van der Waals surface area contributed by atoms with Crippen molar-refractivity contribution in [2.75, 3.05) is 25.1 Å². The van der Waals surface area contributed by atoms with Crippen LogP contribution in [0.5, 0.6) is 5.75 Å². The second-order valence-corrected chi connectivity index (χ2v) is 6.04. The highest BCUT2D eigenvalue weighted by molar-refractivity contribution is 5.82. The van der Waals surface area contributed by atoms with Gasteiger partial charge in [0.25, 0.3) is 0 Å². The van der Waals surface area contributed by atoms with E-state index >= 15 is 0 Å². The van der Waals surface area contributed by atoms with Gasteiger partial charge in [0, 0.05) is 18.7 Å². The maximum absolute atomic E-state index is 12.5. The van der Waals surface area contributed by atoms with Gasteiger partial charge >= 0.3 is 0 Å². The molecule has 0 fully saturated rings. The van der Waals surface area contributed by atoms with Crippen molar-refractivity contribution in [2.45, 2.75) is 19.4 Å². The van der Waals surface area contributed by atoms with Crippen LogP contribution in [0.15, 0.2) is 54.6 Å². The molecule has 0 spiro atoms. The molecule has 2 amide bonds. The lowest BCUT2D eigenvalue weighted by atomic mass is 10.1. The second kappa shape index (κ2) is 9.46. The van der Waals surface area contributed by atoms with Gasteiger partial charge in [0.15, 0.2) is 0 Å². The van der Waals surface area contributed by atoms with Gasteiger partial charge in [0.05, 0.1) is 19.7 Å².